The van der Waals surface area contributed by atoms with Crippen LogP contribution in [-0.2, 0) is 14.8 Å². The van der Waals surface area contributed by atoms with Crippen LogP contribution in [0.5, 0.6) is 5.75 Å². The molecule has 0 radical (unpaired) electrons. The fourth-order valence-electron chi connectivity index (χ4n) is 5.37. The number of aliphatic hydroxyl groups excluding tert-OH is 1. The number of benzene rings is 3. The minimum Gasteiger partial charge on any atom is -0.490 e. The average molecular weight is 701 g/mol. The molecule has 4 rings (SSSR count). The highest BCUT2D eigenvalue weighted by atomic mass is 35.5. The zero-order valence-electron chi connectivity index (χ0n) is 27.8. The summed E-state index contributed by atoms with van der Waals surface area (Å²) in [7, 11) is -2.30. The molecule has 4 atom stereocenters. The van der Waals surface area contributed by atoms with Gasteiger partial charge < -0.3 is 29.7 Å². The van der Waals surface area contributed by atoms with E-state index in [1.165, 1.54) is 30.3 Å². The van der Waals surface area contributed by atoms with Crippen molar-refractivity contribution in [3.63, 3.8) is 0 Å². The minimum atomic E-state index is -3.99. The van der Waals surface area contributed by atoms with Crippen LogP contribution in [0.1, 0.15) is 50.4 Å². The van der Waals surface area contributed by atoms with Gasteiger partial charge in [-0.3, -0.25) is 9.52 Å². The lowest BCUT2D eigenvalue weighted by atomic mass is 10.0. The van der Waals surface area contributed by atoms with Crippen LogP contribution in [0.4, 0.5) is 16.2 Å². The number of nitrogens with one attached hydrogen (secondary N) is 2. The molecule has 1 aliphatic rings. The van der Waals surface area contributed by atoms with E-state index in [4.69, 9.17) is 21.1 Å². The van der Waals surface area contributed by atoms with E-state index in [1.54, 1.807) is 35.9 Å². The van der Waals surface area contributed by atoms with Gasteiger partial charge in [0.05, 0.1) is 35.3 Å². The summed E-state index contributed by atoms with van der Waals surface area (Å²) in [5.74, 6) is -0.385. The molecule has 3 N–H and O–H groups in total. The number of para-hydroxylation sites is 1. The second-order valence-electron chi connectivity index (χ2n) is 12.2. The summed E-state index contributed by atoms with van der Waals surface area (Å²) < 4.78 is 41.5. The average Bonchev–Trinajstić information content (AvgIpc) is 3.06. The lowest BCUT2D eigenvalue weighted by Crippen LogP contribution is -2.48. The Hall–Kier alpha value is -3.84. The van der Waals surface area contributed by atoms with Crippen LogP contribution in [0.2, 0.25) is 5.02 Å². The molecule has 0 bridgehead atoms. The molecule has 0 fully saturated rings. The molecule has 0 spiro atoms. The number of amides is 3. The molecular formula is C35H45ClN4O7S. The Morgan fingerprint density at radius 1 is 1.06 bits per heavy atom. The number of rotatable bonds is 8. The van der Waals surface area contributed by atoms with Crippen LogP contribution in [0.25, 0.3) is 0 Å². The number of fused-ring (bicyclic) bond motifs is 1. The summed E-state index contributed by atoms with van der Waals surface area (Å²) in [5.41, 5.74) is 0.999. The van der Waals surface area contributed by atoms with E-state index in [9.17, 15) is 23.1 Å². The van der Waals surface area contributed by atoms with Crippen molar-refractivity contribution < 1.29 is 32.6 Å². The van der Waals surface area contributed by atoms with E-state index in [2.05, 4.69) is 10.0 Å². The molecule has 0 aromatic heterocycles. The van der Waals surface area contributed by atoms with Crippen molar-refractivity contribution >= 4 is 44.9 Å². The Morgan fingerprint density at radius 2 is 1.77 bits per heavy atom. The fraction of sp³-hybridized carbons (Fsp3) is 0.429. The van der Waals surface area contributed by atoms with Crippen molar-refractivity contribution in [1.29, 1.82) is 0 Å². The molecule has 3 amide bonds. The third-order valence-corrected chi connectivity index (χ3v) is 9.90. The monoisotopic (exact) mass is 700 g/mol. The van der Waals surface area contributed by atoms with E-state index in [1.807, 2.05) is 44.2 Å². The summed E-state index contributed by atoms with van der Waals surface area (Å²) in [6, 6.07) is 18.7. The predicted molar refractivity (Wildman–Crippen MR) is 187 cm³/mol. The molecule has 11 nitrogen and oxygen atoms in total. The van der Waals surface area contributed by atoms with Crippen molar-refractivity contribution in [2.75, 3.05) is 43.4 Å². The number of hydrogen-bond acceptors (Lipinski definition) is 7. The first-order valence-electron chi connectivity index (χ1n) is 16.1. The number of hydrogen-bond donors (Lipinski definition) is 3. The number of carbonyl (C=O) groups excluding carboxylic acids is 2. The van der Waals surface area contributed by atoms with Gasteiger partial charge in [-0.1, -0.05) is 36.7 Å². The van der Waals surface area contributed by atoms with E-state index in [0.29, 0.717) is 29.5 Å². The van der Waals surface area contributed by atoms with Gasteiger partial charge in [0.1, 0.15) is 5.75 Å². The van der Waals surface area contributed by atoms with Crippen molar-refractivity contribution in [3.05, 3.63) is 83.4 Å². The maximum Gasteiger partial charge on any atom is 0.321 e. The molecule has 3 aromatic rings. The Morgan fingerprint density at radius 3 is 2.46 bits per heavy atom. The lowest BCUT2D eigenvalue weighted by Gasteiger charge is -2.35. The first kappa shape index (κ1) is 37.0. The lowest BCUT2D eigenvalue weighted by molar-refractivity contribution is -0.0115. The van der Waals surface area contributed by atoms with Gasteiger partial charge in [0, 0.05) is 49.1 Å². The Kier molecular flexibility index (Phi) is 13.1. The largest absolute Gasteiger partial charge is 0.490 e. The van der Waals surface area contributed by atoms with E-state index >= 15 is 0 Å². The Bertz CT molecular complexity index is 1630. The fourth-order valence-corrected chi connectivity index (χ4v) is 6.55. The molecule has 48 heavy (non-hydrogen) atoms. The number of sulfonamides is 1. The van der Waals surface area contributed by atoms with Gasteiger partial charge in [0.15, 0.2) is 0 Å². The second-order valence-corrected chi connectivity index (χ2v) is 14.4. The SMILES string of the molecule is C[C@@H]1CCCCO[C@H](CN(C)C(=O)Nc2ccccc2)[C@@H](C)CN([C@@H](C)CO)C(=O)c2cc(NS(=O)(=O)c3ccc(Cl)cc3)ccc2O1. The zero-order chi connectivity index (χ0) is 34.8. The van der Waals surface area contributed by atoms with Crippen molar-refractivity contribution in [1.82, 2.24) is 9.80 Å². The topological polar surface area (TPSA) is 138 Å². The van der Waals surface area contributed by atoms with E-state index in [-0.39, 0.29) is 53.9 Å². The summed E-state index contributed by atoms with van der Waals surface area (Å²) in [6.07, 6.45) is 1.60. The van der Waals surface area contributed by atoms with Gasteiger partial charge in [-0.05, 0) is 87.7 Å². The maximum absolute atomic E-state index is 14.4. The van der Waals surface area contributed by atoms with Crippen molar-refractivity contribution in [2.45, 2.75) is 63.2 Å². The minimum absolute atomic E-state index is 0.0148. The highest BCUT2D eigenvalue weighted by molar-refractivity contribution is 7.92. The molecule has 3 aromatic carbocycles. The molecule has 0 saturated carbocycles. The Labute approximate surface area is 288 Å². The zero-order valence-corrected chi connectivity index (χ0v) is 29.3. The van der Waals surface area contributed by atoms with E-state index in [0.717, 1.165) is 12.8 Å². The van der Waals surface area contributed by atoms with E-state index < -0.39 is 28.1 Å². The third-order valence-electron chi connectivity index (χ3n) is 8.25. The Balaban J connectivity index is 1.63. The summed E-state index contributed by atoms with van der Waals surface area (Å²) in [4.78, 5) is 30.5. The molecule has 13 heteroatoms. The molecule has 0 aliphatic carbocycles. The number of ether oxygens (including phenoxy) is 2. The molecule has 1 aliphatic heterocycles. The standard InChI is InChI=1S/C35H45ClN4O7S/c1-24-21-40(25(2)23-41)34(42)31-20-29(38-48(44,45)30-16-13-27(36)14-17-30)15-18-32(31)47-26(3)10-8-9-19-46-33(24)22-39(4)35(43)37-28-11-6-5-7-12-28/h5-7,11-18,20,24-26,33,38,41H,8-10,19,21-23H2,1-4H3,(H,37,43)/t24-,25-,26+,33+/m0/s1. The van der Waals surface area contributed by atoms with Crippen LogP contribution >= 0.6 is 11.6 Å². The highest BCUT2D eigenvalue weighted by Crippen LogP contribution is 2.30. The molecule has 1 heterocycles. The number of aliphatic hydroxyl groups is 1. The van der Waals surface area contributed by atoms with Crippen LogP contribution in [0.15, 0.2) is 77.7 Å². The molecule has 0 unspecified atom stereocenters. The van der Waals surface area contributed by atoms with Gasteiger partial charge >= 0.3 is 6.03 Å². The number of carbonyl (C=O) groups is 2. The van der Waals surface area contributed by atoms with Gasteiger partial charge in [0.25, 0.3) is 15.9 Å². The number of nitrogens with zero attached hydrogens (tertiary/aromatic N) is 2. The smallest absolute Gasteiger partial charge is 0.321 e. The maximum atomic E-state index is 14.4. The molecule has 260 valence electrons. The molecular weight excluding hydrogens is 656 g/mol. The first-order valence-corrected chi connectivity index (χ1v) is 17.9. The third kappa shape index (κ3) is 10.1. The van der Waals surface area contributed by atoms with Gasteiger partial charge in [-0.25, -0.2) is 13.2 Å². The summed E-state index contributed by atoms with van der Waals surface area (Å²) >= 11 is 5.95. The summed E-state index contributed by atoms with van der Waals surface area (Å²) in [5, 5.41) is 13.5. The van der Waals surface area contributed by atoms with Crippen molar-refractivity contribution in [3.8, 4) is 5.75 Å². The number of urea groups is 1. The summed E-state index contributed by atoms with van der Waals surface area (Å²) in [6.45, 7) is 6.21. The van der Waals surface area contributed by atoms with Gasteiger partial charge in [-0.15, -0.1) is 0 Å². The number of likely N-dealkylation sites (N-methyl/N-ethyl adjacent to an activating group) is 1. The van der Waals surface area contributed by atoms with Crippen LogP contribution in [-0.4, -0.2) is 86.9 Å². The van der Waals surface area contributed by atoms with Gasteiger partial charge in [-0.2, -0.15) is 0 Å². The second kappa shape index (κ2) is 17.0. The van der Waals surface area contributed by atoms with Crippen LogP contribution in [0, 0.1) is 5.92 Å². The van der Waals surface area contributed by atoms with Crippen LogP contribution in [0.3, 0.4) is 0 Å². The molecule has 0 saturated heterocycles. The predicted octanol–water partition coefficient (Wildman–Crippen LogP) is 6.10. The first-order chi connectivity index (χ1) is 22.9. The highest BCUT2D eigenvalue weighted by Gasteiger charge is 2.31. The van der Waals surface area contributed by atoms with Crippen LogP contribution < -0.4 is 14.8 Å². The number of halogens is 1. The van der Waals surface area contributed by atoms with Crippen molar-refractivity contribution in [2.24, 2.45) is 5.92 Å². The normalized spacial score (nSPS) is 20.1. The quantitative estimate of drug-likeness (QED) is 0.258. The van der Waals surface area contributed by atoms with Gasteiger partial charge in [0.2, 0.25) is 0 Å². The number of anilines is 2.